The number of hydrogen-bond donors (Lipinski definition) is 1. The Morgan fingerprint density at radius 1 is 1.17 bits per heavy atom. The van der Waals surface area contributed by atoms with Crippen LogP contribution in [0.25, 0.3) is 6.08 Å². The molecule has 0 aromatic heterocycles. The van der Waals surface area contributed by atoms with Crippen LogP contribution in [0.15, 0.2) is 56.8 Å². The van der Waals surface area contributed by atoms with Crippen molar-refractivity contribution in [2.24, 2.45) is 4.99 Å². The number of carbonyl (C=O) groups excluding carboxylic acids is 1. The number of amidine groups is 1. The number of aliphatic imine (C=N–C) groups is 1. The summed E-state index contributed by atoms with van der Waals surface area (Å²) in [5, 5.41) is 3.44. The quantitative estimate of drug-likeness (QED) is 0.741. The van der Waals surface area contributed by atoms with Crippen LogP contribution >= 0.6 is 27.7 Å². The van der Waals surface area contributed by atoms with Crippen molar-refractivity contribution >= 4 is 50.5 Å². The lowest BCUT2D eigenvalue weighted by Crippen LogP contribution is -2.19. The third kappa shape index (κ3) is 3.92. The average molecular weight is 387 g/mol. The van der Waals surface area contributed by atoms with E-state index < -0.39 is 0 Å². The number of rotatable bonds is 2. The maximum absolute atomic E-state index is 12.1. The fraction of sp³-hybridized carbons (Fsp3) is 0.111. The molecule has 0 aliphatic carbocycles. The van der Waals surface area contributed by atoms with Crippen LogP contribution in [0.1, 0.15) is 16.7 Å². The van der Waals surface area contributed by atoms with Crippen molar-refractivity contribution in [3.63, 3.8) is 0 Å². The Hall–Kier alpha value is -1.85. The predicted molar refractivity (Wildman–Crippen MR) is 101 cm³/mol. The molecule has 116 valence electrons. The van der Waals surface area contributed by atoms with Gasteiger partial charge in [0.05, 0.1) is 10.6 Å². The molecule has 0 bridgehead atoms. The number of benzene rings is 2. The number of halogens is 1. The molecule has 3 nitrogen and oxygen atoms in total. The highest BCUT2D eigenvalue weighted by Crippen LogP contribution is 2.29. The summed E-state index contributed by atoms with van der Waals surface area (Å²) in [5.74, 6) is -0.112. The molecule has 0 atom stereocenters. The molecule has 1 aliphatic rings. The molecule has 0 radical (unpaired) electrons. The van der Waals surface area contributed by atoms with Crippen LogP contribution in [0.4, 0.5) is 5.69 Å². The third-order valence-electron chi connectivity index (χ3n) is 3.38. The normalized spacial score (nSPS) is 17.8. The van der Waals surface area contributed by atoms with Gasteiger partial charge in [-0.2, -0.15) is 0 Å². The molecular formula is C18H15BrN2OS. The molecule has 3 rings (SSSR count). The Balaban J connectivity index is 1.87. The molecule has 0 unspecified atom stereocenters. The van der Waals surface area contributed by atoms with Crippen molar-refractivity contribution in [3.8, 4) is 0 Å². The SMILES string of the molecule is Cc1ccc(C)c(N=C2NC(=O)/C(=C/c3cccc(Br)c3)S2)c1. The Bertz CT molecular complexity index is 843. The molecule has 2 aromatic rings. The molecular weight excluding hydrogens is 372 g/mol. The highest BCUT2D eigenvalue weighted by molar-refractivity contribution is 9.10. The molecule has 1 N–H and O–H groups in total. The molecule has 1 saturated heterocycles. The Morgan fingerprint density at radius 2 is 2.00 bits per heavy atom. The van der Waals surface area contributed by atoms with Gasteiger partial charge < -0.3 is 5.32 Å². The molecule has 1 heterocycles. The summed E-state index contributed by atoms with van der Waals surface area (Å²) in [4.78, 5) is 17.3. The van der Waals surface area contributed by atoms with E-state index in [1.54, 1.807) is 0 Å². The maximum atomic E-state index is 12.1. The van der Waals surface area contributed by atoms with Gasteiger partial charge in [-0.05, 0) is 66.6 Å². The van der Waals surface area contributed by atoms with Crippen LogP contribution in [0, 0.1) is 13.8 Å². The minimum absolute atomic E-state index is 0.112. The molecule has 1 amide bonds. The zero-order chi connectivity index (χ0) is 16.4. The molecule has 23 heavy (non-hydrogen) atoms. The van der Waals surface area contributed by atoms with Gasteiger partial charge in [0.25, 0.3) is 5.91 Å². The first kappa shape index (κ1) is 16.0. The van der Waals surface area contributed by atoms with Crippen LogP contribution in [-0.2, 0) is 4.79 Å². The number of amides is 1. The number of nitrogens with zero attached hydrogens (tertiary/aromatic N) is 1. The van der Waals surface area contributed by atoms with Crippen molar-refractivity contribution < 1.29 is 4.79 Å². The molecule has 2 aromatic carbocycles. The number of nitrogens with one attached hydrogen (secondary N) is 1. The number of hydrogen-bond acceptors (Lipinski definition) is 3. The van der Waals surface area contributed by atoms with Gasteiger partial charge in [-0.3, -0.25) is 4.79 Å². The Morgan fingerprint density at radius 3 is 2.78 bits per heavy atom. The molecule has 1 fully saturated rings. The van der Waals surface area contributed by atoms with Gasteiger partial charge in [0, 0.05) is 4.47 Å². The van der Waals surface area contributed by atoms with E-state index in [4.69, 9.17) is 0 Å². The first-order valence-electron chi connectivity index (χ1n) is 7.14. The zero-order valence-corrected chi connectivity index (χ0v) is 15.2. The van der Waals surface area contributed by atoms with E-state index in [1.807, 2.05) is 56.3 Å². The van der Waals surface area contributed by atoms with Gasteiger partial charge in [0.2, 0.25) is 0 Å². The second-order valence-corrected chi connectivity index (χ2v) is 7.27. The molecule has 1 aliphatic heterocycles. The summed E-state index contributed by atoms with van der Waals surface area (Å²) in [6.45, 7) is 4.04. The van der Waals surface area contributed by atoms with Crippen LogP contribution in [0.3, 0.4) is 0 Å². The summed E-state index contributed by atoms with van der Waals surface area (Å²) in [5.41, 5.74) is 4.10. The van der Waals surface area contributed by atoms with E-state index in [-0.39, 0.29) is 5.91 Å². The lowest BCUT2D eigenvalue weighted by Gasteiger charge is -2.02. The fourth-order valence-electron chi connectivity index (χ4n) is 2.18. The van der Waals surface area contributed by atoms with Crippen LogP contribution in [0.5, 0.6) is 0 Å². The van der Waals surface area contributed by atoms with Crippen LogP contribution in [0.2, 0.25) is 0 Å². The van der Waals surface area contributed by atoms with Crippen molar-refractivity contribution in [2.45, 2.75) is 13.8 Å². The van der Waals surface area contributed by atoms with Crippen LogP contribution < -0.4 is 5.32 Å². The minimum Gasteiger partial charge on any atom is -0.300 e. The second-order valence-electron chi connectivity index (χ2n) is 5.33. The standard InChI is InChI=1S/C18H15BrN2OS/c1-11-6-7-12(2)15(8-11)20-18-21-17(22)16(23-18)10-13-4-3-5-14(19)9-13/h3-10H,1-2H3,(H,20,21,22)/b16-10-. The van der Waals surface area contributed by atoms with E-state index in [0.29, 0.717) is 10.1 Å². The topological polar surface area (TPSA) is 41.5 Å². The minimum atomic E-state index is -0.112. The maximum Gasteiger partial charge on any atom is 0.264 e. The van der Waals surface area contributed by atoms with Crippen LogP contribution in [-0.4, -0.2) is 11.1 Å². The smallest absolute Gasteiger partial charge is 0.264 e. The zero-order valence-electron chi connectivity index (χ0n) is 12.8. The number of thioether (sulfide) groups is 1. The van der Waals surface area contributed by atoms with Crippen molar-refractivity contribution in [3.05, 3.63) is 68.5 Å². The van der Waals surface area contributed by atoms with Gasteiger partial charge in [-0.15, -0.1) is 0 Å². The monoisotopic (exact) mass is 386 g/mol. The van der Waals surface area contributed by atoms with Gasteiger partial charge in [0.15, 0.2) is 5.17 Å². The highest BCUT2D eigenvalue weighted by Gasteiger charge is 2.23. The summed E-state index contributed by atoms with van der Waals surface area (Å²) in [7, 11) is 0. The van der Waals surface area contributed by atoms with E-state index in [0.717, 1.165) is 26.9 Å². The molecule has 0 saturated carbocycles. The Kier molecular flexibility index (Phi) is 4.68. The summed E-state index contributed by atoms with van der Waals surface area (Å²) >= 11 is 4.80. The van der Waals surface area contributed by atoms with E-state index >= 15 is 0 Å². The average Bonchev–Trinajstić information content (AvgIpc) is 2.83. The van der Waals surface area contributed by atoms with Gasteiger partial charge in [0.1, 0.15) is 0 Å². The van der Waals surface area contributed by atoms with E-state index in [1.165, 1.54) is 11.8 Å². The van der Waals surface area contributed by atoms with E-state index in [2.05, 4.69) is 32.3 Å². The van der Waals surface area contributed by atoms with Crippen molar-refractivity contribution in [1.82, 2.24) is 5.32 Å². The van der Waals surface area contributed by atoms with Gasteiger partial charge in [-0.1, -0.05) is 40.2 Å². The second kappa shape index (κ2) is 6.72. The lowest BCUT2D eigenvalue weighted by molar-refractivity contribution is -0.115. The van der Waals surface area contributed by atoms with Crippen molar-refractivity contribution in [1.29, 1.82) is 0 Å². The number of aryl methyl sites for hydroxylation is 2. The summed E-state index contributed by atoms with van der Waals surface area (Å²) in [6, 6.07) is 13.9. The largest absolute Gasteiger partial charge is 0.300 e. The molecule has 5 heteroatoms. The van der Waals surface area contributed by atoms with Gasteiger partial charge in [-0.25, -0.2) is 4.99 Å². The third-order valence-corrected chi connectivity index (χ3v) is 4.79. The fourth-order valence-corrected chi connectivity index (χ4v) is 3.43. The Labute approximate surface area is 148 Å². The number of carbonyl (C=O) groups is 1. The van der Waals surface area contributed by atoms with E-state index in [9.17, 15) is 4.79 Å². The summed E-state index contributed by atoms with van der Waals surface area (Å²) in [6.07, 6.45) is 1.87. The lowest BCUT2D eigenvalue weighted by atomic mass is 10.1. The highest BCUT2D eigenvalue weighted by atomic mass is 79.9. The summed E-state index contributed by atoms with van der Waals surface area (Å²) < 4.78 is 0.986. The van der Waals surface area contributed by atoms with Gasteiger partial charge >= 0.3 is 0 Å². The first-order chi connectivity index (χ1) is 11.0. The van der Waals surface area contributed by atoms with Crippen molar-refractivity contribution in [2.75, 3.05) is 0 Å². The predicted octanol–water partition coefficient (Wildman–Crippen LogP) is 4.96. The molecule has 0 spiro atoms. The first-order valence-corrected chi connectivity index (χ1v) is 8.74.